The molecule has 0 unspecified atom stereocenters. The van der Waals surface area contributed by atoms with Crippen molar-refractivity contribution < 1.29 is 59.2 Å². The van der Waals surface area contributed by atoms with Gasteiger partial charge in [-0.2, -0.15) is 21.1 Å². The summed E-state index contributed by atoms with van der Waals surface area (Å²) in [6.07, 6.45) is 0.963. The topological polar surface area (TPSA) is 120 Å². The van der Waals surface area contributed by atoms with Crippen molar-refractivity contribution in [3.63, 3.8) is 0 Å². The molecule has 0 spiro atoms. The fraction of sp³-hybridized carbons (Fsp3) is 0.219. The van der Waals surface area contributed by atoms with Gasteiger partial charge in [0.05, 0.1) is 12.9 Å². The van der Waals surface area contributed by atoms with E-state index in [0.29, 0.717) is 19.7 Å². The van der Waals surface area contributed by atoms with Crippen LogP contribution in [0.1, 0.15) is 27.8 Å². The van der Waals surface area contributed by atoms with Crippen LogP contribution in [-0.4, -0.2) is 46.6 Å². The number of halogens is 1. The first-order chi connectivity index (χ1) is 21.4. The summed E-state index contributed by atoms with van der Waals surface area (Å²) in [5.41, 5.74) is 2.75. The zero-order valence-electron chi connectivity index (χ0n) is 25.3. The molecular formula is C32H31FN2O8S2Zn. The third-order valence-corrected chi connectivity index (χ3v) is 9.08. The summed E-state index contributed by atoms with van der Waals surface area (Å²) in [6, 6.07) is 25.6. The van der Waals surface area contributed by atoms with Crippen LogP contribution in [-0.2, 0) is 69.0 Å². The number of carbonyl (C=O) groups is 1. The number of amides is 1. The molecule has 1 aliphatic heterocycles. The molecule has 5 rings (SSSR count). The number of benzene rings is 4. The number of carbonyl (C=O) groups excluding carboxylic acids is 1. The summed E-state index contributed by atoms with van der Waals surface area (Å²) in [7, 11) is -8.37. The summed E-state index contributed by atoms with van der Waals surface area (Å²) >= 11 is 0. The Kier molecular flexibility index (Phi) is 11.2. The van der Waals surface area contributed by atoms with E-state index in [1.54, 1.807) is 60.7 Å². The smallest absolute Gasteiger partial charge is 0.331 e. The van der Waals surface area contributed by atoms with Crippen LogP contribution in [0.15, 0.2) is 91.0 Å². The maximum Gasteiger partial charge on any atom is 0.331 e. The van der Waals surface area contributed by atoms with Gasteiger partial charge >= 0.3 is 20.3 Å². The van der Waals surface area contributed by atoms with E-state index in [1.165, 1.54) is 12.1 Å². The van der Waals surface area contributed by atoms with Crippen LogP contribution in [0, 0.1) is 12.7 Å². The molecule has 0 aromatic heterocycles. The van der Waals surface area contributed by atoms with Crippen LogP contribution in [0.25, 0.3) is 0 Å². The zero-order chi connectivity index (χ0) is 32.2. The maximum atomic E-state index is 16.0. The molecule has 0 bridgehead atoms. The van der Waals surface area contributed by atoms with E-state index in [2.05, 4.69) is 0 Å². The molecule has 4 aromatic carbocycles. The molecule has 1 heterocycles. The number of anilines is 1. The minimum atomic E-state index is -4.53. The maximum absolute atomic E-state index is 16.0. The Hall–Kier alpha value is -3.84. The van der Waals surface area contributed by atoms with Gasteiger partial charge in [0.25, 0.3) is 5.91 Å². The van der Waals surface area contributed by atoms with Crippen molar-refractivity contribution in [2.24, 2.45) is 0 Å². The summed E-state index contributed by atoms with van der Waals surface area (Å²) in [6.45, 7) is 0.659. The zero-order valence-corrected chi connectivity index (χ0v) is 29.9. The second-order valence-electron chi connectivity index (χ2n) is 10.5. The quantitative estimate of drug-likeness (QED) is 0.153. The molecule has 0 N–H and O–H groups in total. The van der Waals surface area contributed by atoms with Crippen LogP contribution < -0.4 is 13.2 Å². The van der Waals surface area contributed by atoms with Crippen molar-refractivity contribution in [1.29, 1.82) is 0 Å². The first-order valence-electron chi connectivity index (χ1n) is 13.8. The monoisotopic (exact) mass is 718 g/mol. The van der Waals surface area contributed by atoms with Gasteiger partial charge in [0.2, 0.25) is 0 Å². The second kappa shape index (κ2) is 14.7. The molecule has 0 atom stereocenters. The predicted octanol–water partition coefficient (Wildman–Crippen LogP) is 4.71. The fourth-order valence-electron chi connectivity index (χ4n) is 4.81. The molecule has 238 valence electrons. The fourth-order valence-corrected chi connectivity index (χ4v) is 6.74. The summed E-state index contributed by atoms with van der Waals surface area (Å²) in [5.74, 6) is -1.77. The van der Waals surface area contributed by atoms with Crippen LogP contribution in [0.5, 0.6) is 11.5 Å². The Morgan fingerprint density at radius 2 is 1.48 bits per heavy atom. The molecule has 1 amide bonds. The molecule has 1 saturated heterocycles. The molecular weight excluding hydrogens is 689 g/mol. The number of ether oxygens (including phenoxy) is 2. The van der Waals surface area contributed by atoms with Gasteiger partial charge in [0, 0.05) is 31.5 Å². The van der Waals surface area contributed by atoms with Gasteiger partial charge in [-0.3, -0.25) is 4.79 Å². The van der Waals surface area contributed by atoms with Gasteiger partial charge in [-0.25, -0.2) is 8.70 Å². The summed E-state index contributed by atoms with van der Waals surface area (Å²) in [5, 5.41) is 0. The Labute approximate surface area is 280 Å². The van der Waals surface area contributed by atoms with Crippen LogP contribution in [0.2, 0.25) is 0 Å². The molecule has 1 aliphatic rings. The van der Waals surface area contributed by atoms with E-state index in [-0.39, 0.29) is 50.6 Å². The minimum absolute atomic E-state index is 0. The van der Waals surface area contributed by atoms with E-state index >= 15 is 4.39 Å². The molecule has 10 nitrogen and oxygen atoms in total. The average molecular weight is 720 g/mol. The Morgan fingerprint density at radius 3 is 2.11 bits per heavy atom. The third kappa shape index (κ3) is 8.49. The van der Waals surface area contributed by atoms with Crippen molar-refractivity contribution in [2.75, 3.05) is 23.8 Å². The van der Waals surface area contributed by atoms with Gasteiger partial charge in [0.15, 0.2) is 5.82 Å². The standard InChI is InChI=1S/C32H31FN2O8S2.Zn/c1-23-13-14-29(43-44(2,37)38)27(15-23)16-26-17-28(33)32(30(18-26)42-21-25-11-7-4-8-12-25)34-19-31(36)35(45(34,39)40)22-41-20-24-9-5-3-6-10-24;/h3-15,17-18H,16,19-22H2,1-2H3;. The SMILES string of the molecule is Cc1ccc(OS(C)(=O)=O)c(Cc2cc(F)c(N3CC(=O)N(COCc4ccccc4)S3(=O)=O)c(OCc3ccccc3)c2)c1.[Zn]. The van der Waals surface area contributed by atoms with Crippen molar-refractivity contribution in [3.8, 4) is 11.5 Å². The van der Waals surface area contributed by atoms with Crippen molar-refractivity contribution in [1.82, 2.24) is 4.31 Å². The van der Waals surface area contributed by atoms with Gasteiger partial charge in [-0.1, -0.05) is 78.4 Å². The molecule has 1 fully saturated rings. The van der Waals surface area contributed by atoms with Gasteiger partial charge in [-0.15, -0.1) is 0 Å². The molecule has 0 radical (unpaired) electrons. The normalized spacial score (nSPS) is 14.2. The van der Waals surface area contributed by atoms with Crippen LogP contribution >= 0.6 is 0 Å². The number of nitrogens with zero attached hydrogens (tertiary/aromatic N) is 2. The van der Waals surface area contributed by atoms with E-state index in [9.17, 15) is 21.6 Å². The van der Waals surface area contributed by atoms with Crippen molar-refractivity contribution in [3.05, 3.63) is 125 Å². The Bertz CT molecular complexity index is 1910. The molecule has 4 aromatic rings. The average Bonchev–Trinajstić information content (AvgIpc) is 3.21. The first-order valence-corrected chi connectivity index (χ1v) is 17.0. The van der Waals surface area contributed by atoms with Crippen LogP contribution in [0.4, 0.5) is 10.1 Å². The molecule has 14 heteroatoms. The van der Waals surface area contributed by atoms with E-state index in [4.69, 9.17) is 13.7 Å². The van der Waals surface area contributed by atoms with E-state index < -0.39 is 51.0 Å². The third-order valence-electron chi connectivity index (χ3n) is 6.86. The minimum Gasteiger partial charge on any atom is -0.487 e. The van der Waals surface area contributed by atoms with Crippen molar-refractivity contribution in [2.45, 2.75) is 26.6 Å². The number of hydrogen-bond acceptors (Lipinski definition) is 8. The molecule has 0 aliphatic carbocycles. The largest absolute Gasteiger partial charge is 0.487 e. The molecule has 0 saturated carbocycles. The predicted molar refractivity (Wildman–Crippen MR) is 166 cm³/mol. The van der Waals surface area contributed by atoms with Crippen molar-refractivity contribution >= 4 is 31.9 Å². The molecule has 46 heavy (non-hydrogen) atoms. The number of rotatable bonds is 12. The Balaban J connectivity index is 0.00000480. The van der Waals surface area contributed by atoms with Gasteiger partial charge < -0.3 is 13.7 Å². The summed E-state index contributed by atoms with van der Waals surface area (Å²) in [4.78, 5) is 12.9. The van der Waals surface area contributed by atoms with E-state index in [0.717, 1.165) is 29.0 Å². The number of hydrogen-bond donors (Lipinski definition) is 0. The first kappa shape index (κ1) is 35.0. The number of aryl methyl sites for hydroxylation is 1. The van der Waals surface area contributed by atoms with Gasteiger partial charge in [-0.05, 0) is 41.8 Å². The Morgan fingerprint density at radius 1 is 0.848 bits per heavy atom. The summed E-state index contributed by atoms with van der Waals surface area (Å²) < 4.78 is 84.8. The van der Waals surface area contributed by atoms with E-state index in [1.807, 2.05) is 19.1 Å². The van der Waals surface area contributed by atoms with Gasteiger partial charge in [0.1, 0.15) is 37.1 Å². The van der Waals surface area contributed by atoms with Crippen LogP contribution in [0.3, 0.4) is 0 Å². The second-order valence-corrected chi connectivity index (χ2v) is 13.8.